The van der Waals surface area contributed by atoms with Gasteiger partial charge in [-0.15, -0.1) is 0 Å². The van der Waals surface area contributed by atoms with Crippen molar-refractivity contribution in [3.05, 3.63) is 36.5 Å². The van der Waals surface area contributed by atoms with Crippen molar-refractivity contribution in [2.24, 2.45) is 0 Å². The van der Waals surface area contributed by atoms with E-state index in [2.05, 4.69) is 43.4 Å². The highest BCUT2D eigenvalue weighted by Crippen LogP contribution is 2.40. The molecule has 1 heterocycles. The van der Waals surface area contributed by atoms with Crippen LogP contribution in [0, 0.1) is 0 Å². The predicted octanol–water partition coefficient (Wildman–Crippen LogP) is 6.53. The molecule has 1 aliphatic heterocycles. The molecule has 1 saturated heterocycles. The van der Waals surface area contributed by atoms with Crippen molar-refractivity contribution < 1.29 is 19.7 Å². The lowest BCUT2D eigenvalue weighted by molar-refractivity contribution is -0.345. The summed E-state index contributed by atoms with van der Waals surface area (Å²) >= 11 is 0. The van der Waals surface area contributed by atoms with Crippen LogP contribution < -0.4 is 0 Å². The molecule has 2 atom stereocenters. The average molecular weight is 379 g/mol. The Morgan fingerprint density at radius 3 is 2.15 bits per heavy atom. The van der Waals surface area contributed by atoms with Crippen LogP contribution >= 0.6 is 0 Å². The van der Waals surface area contributed by atoms with Crippen LogP contribution in [0.25, 0.3) is 0 Å². The van der Waals surface area contributed by atoms with Gasteiger partial charge in [0.25, 0.3) is 0 Å². The summed E-state index contributed by atoms with van der Waals surface area (Å²) < 4.78 is 0. The van der Waals surface area contributed by atoms with E-state index in [4.69, 9.17) is 14.9 Å². The fourth-order valence-electron chi connectivity index (χ4n) is 3.58. The van der Waals surface area contributed by atoms with Crippen LogP contribution in [-0.2, 0) is 14.6 Å². The number of rotatable bonds is 14. The van der Waals surface area contributed by atoms with Crippen LogP contribution in [-0.4, -0.2) is 22.3 Å². The zero-order valence-corrected chi connectivity index (χ0v) is 17.4. The summed E-state index contributed by atoms with van der Waals surface area (Å²) in [5.74, 6) is -0.843. The van der Waals surface area contributed by atoms with Gasteiger partial charge in [0.05, 0.1) is 6.42 Å². The number of hydrogen-bond acceptors (Lipinski definition) is 3. The SMILES string of the molecule is CCC=CC=CC=CCCCCCCCC[C@]1(C)C[C@](C)(CC(=O)O)OO1. The third-order valence-electron chi connectivity index (χ3n) is 4.88. The third-order valence-corrected chi connectivity index (χ3v) is 4.88. The van der Waals surface area contributed by atoms with Crippen molar-refractivity contribution in [1.82, 2.24) is 0 Å². The Labute approximate surface area is 165 Å². The molecular weight excluding hydrogens is 340 g/mol. The quantitative estimate of drug-likeness (QED) is 0.212. The minimum atomic E-state index is -0.843. The van der Waals surface area contributed by atoms with Gasteiger partial charge in [-0.1, -0.05) is 75.5 Å². The second-order valence-corrected chi connectivity index (χ2v) is 8.12. The van der Waals surface area contributed by atoms with Crippen molar-refractivity contribution in [3.63, 3.8) is 0 Å². The van der Waals surface area contributed by atoms with Gasteiger partial charge < -0.3 is 5.11 Å². The lowest BCUT2D eigenvalue weighted by atomic mass is 9.85. The fourth-order valence-corrected chi connectivity index (χ4v) is 3.58. The number of unbranched alkanes of at least 4 members (excludes halogenated alkanes) is 6. The zero-order chi connectivity index (χ0) is 20.0. The molecule has 0 aromatic rings. The van der Waals surface area contributed by atoms with Crippen LogP contribution in [0.1, 0.15) is 91.4 Å². The van der Waals surface area contributed by atoms with Crippen LogP contribution in [0.2, 0.25) is 0 Å². The molecule has 0 unspecified atom stereocenters. The molecule has 0 aromatic carbocycles. The standard InChI is InChI=1S/C23H38O4/c1-4-5-6-7-8-9-10-11-12-13-14-15-16-17-18-22(2)20-23(3,27-26-22)19-21(24)25/h5-10H,4,11-20H2,1-3H3,(H,24,25)/t22-,23+/m1/s1. The van der Waals surface area contributed by atoms with Gasteiger partial charge in [-0.3, -0.25) is 4.79 Å². The molecular formula is C23H38O4. The number of aliphatic carboxylic acids is 1. The minimum absolute atomic E-state index is 0.0116. The summed E-state index contributed by atoms with van der Waals surface area (Å²) in [6.07, 6.45) is 23.9. The molecule has 1 N–H and O–H groups in total. The number of hydrogen-bond donors (Lipinski definition) is 1. The first-order chi connectivity index (χ1) is 12.9. The molecule has 27 heavy (non-hydrogen) atoms. The third kappa shape index (κ3) is 11.1. The van der Waals surface area contributed by atoms with Crippen molar-refractivity contribution in [2.75, 3.05) is 0 Å². The minimum Gasteiger partial charge on any atom is -0.481 e. The summed E-state index contributed by atoms with van der Waals surface area (Å²) in [5, 5.41) is 8.97. The van der Waals surface area contributed by atoms with Gasteiger partial charge in [-0.25, -0.2) is 9.78 Å². The molecule has 4 nitrogen and oxygen atoms in total. The summed E-state index contributed by atoms with van der Waals surface area (Å²) in [5.41, 5.74) is -1.05. The maximum Gasteiger partial charge on any atom is 0.306 e. The van der Waals surface area contributed by atoms with E-state index in [9.17, 15) is 4.79 Å². The molecule has 0 spiro atoms. The number of carbonyl (C=O) groups is 1. The van der Waals surface area contributed by atoms with E-state index in [-0.39, 0.29) is 12.0 Å². The molecule has 0 aromatic heterocycles. The van der Waals surface area contributed by atoms with Gasteiger partial charge >= 0.3 is 5.97 Å². The molecule has 4 heteroatoms. The molecule has 0 radical (unpaired) electrons. The summed E-state index contributed by atoms with van der Waals surface area (Å²) in [4.78, 5) is 21.8. The maximum atomic E-state index is 10.9. The first-order valence-corrected chi connectivity index (χ1v) is 10.5. The van der Waals surface area contributed by atoms with Gasteiger partial charge in [-0.2, -0.15) is 0 Å². The first kappa shape index (κ1) is 23.6. The molecule has 1 rings (SSSR count). The van der Waals surface area contributed by atoms with Gasteiger partial charge in [-0.05, 0) is 39.5 Å². The monoisotopic (exact) mass is 378 g/mol. The van der Waals surface area contributed by atoms with Gasteiger partial charge in [0, 0.05) is 6.42 Å². The highest BCUT2D eigenvalue weighted by molar-refractivity contribution is 5.68. The number of carboxylic acid groups (broad SMARTS) is 1. The van der Waals surface area contributed by atoms with E-state index in [1.165, 1.54) is 32.1 Å². The zero-order valence-electron chi connectivity index (χ0n) is 17.4. The lowest BCUT2D eigenvalue weighted by Crippen LogP contribution is -2.30. The Balaban J connectivity index is 2.01. The molecule has 1 aliphatic rings. The van der Waals surface area contributed by atoms with E-state index in [1.807, 2.05) is 13.8 Å². The average Bonchev–Trinajstić information content (AvgIpc) is 2.89. The largest absolute Gasteiger partial charge is 0.481 e. The van der Waals surface area contributed by atoms with Gasteiger partial charge in [0.2, 0.25) is 0 Å². The highest BCUT2D eigenvalue weighted by atomic mass is 17.2. The highest BCUT2D eigenvalue weighted by Gasteiger charge is 2.47. The second-order valence-electron chi connectivity index (χ2n) is 8.12. The van der Waals surface area contributed by atoms with Crippen molar-refractivity contribution in [1.29, 1.82) is 0 Å². The van der Waals surface area contributed by atoms with Crippen molar-refractivity contribution >= 4 is 5.97 Å². The van der Waals surface area contributed by atoms with E-state index < -0.39 is 11.6 Å². The molecule has 0 bridgehead atoms. The molecule has 0 aliphatic carbocycles. The number of carboxylic acids is 1. The van der Waals surface area contributed by atoms with Crippen molar-refractivity contribution in [2.45, 2.75) is 103 Å². The summed E-state index contributed by atoms with van der Waals surface area (Å²) in [7, 11) is 0. The first-order valence-electron chi connectivity index (χ1n) is 10.5. The van der Waals surface area contributed by atoms with E-state index in [0.717, 1.165) is 25.7 Å². The smallest absolute Gasteiger partial charge is 0.306 e. The van der Waals surface area contributed by atoms with E-state index in [0.29, 0.717) is 6.42 Å². The van der Waals surface area contributed by atoms with Gasteiger partial charge in [0.15, 0.2) is 0 Å². The second kappa shape index (κ2) is 12.9. The van der Waals surface area contributed by atoms with E-state index in [1.54, 1.807) is 0 Å². The topological polar surface area (TPSA) is 55.8 Å². The Morgan fingerprint density at radius 2 is 1.48 bits per heavy atom. The molecule has 0 saturated carbocycles. The number of allylic oxidation sites excluding steroid dienone is 6. The molecule has 154 valence electrons. The Kier molecular flexibility index (Phi) is 11.3. The molecule has 1 fully saturated rings. The van der Waals surface area contributed by atoms with Crippen LogP contribution in [0.15, 0.2) is 36.5 Å². The van der Waals surface area contributed by atoms with Crippen molar-refractivity contribution in [3.8, 4) is 0 Å². The Bertz CT molecular complexity index is 509. The summed E-state index contributed by atoms with van der Waals surface area (Å²) in [6, 6.07) is 0. The fraction of sp³-hybridized carbons (Fsp3) is 0.696. The lowest BCUT2D eigenvalue weighted by Gasteiger charge is -2.21. The van der Waals surface area contributed by atoms with Gasteiger partial charge in [0.1, 0.15) is 11.2 Å². The Morgan fingerprint density at radius 1 is 0.889 bits per heavy atom. The summed E-state index contributed by atoms with van der Waals surface area (Å²) in [6.45, 7) is 5.98. The molecule has 0 amide bonds. The van der Waals surface area contributed by atoms with Crippen LogP contribution in [0.3, 0.4) is 0 Å². The normalized spacial score (nSPS) is 26.0. The Hall–Kier alpha value is -1.39. The predicted molar refractivity (Wildman–Crippen MR) is 110 cm³/mol. The maximum absolute atomic E-state index is 10.9. The van der Waals surface area contributed by atoms with Crippen LogP contribution in [0.5, 0.6) is 0 Å². The van der Waals surface area contributed by atoms with E-state index >= 15 is 0 Å². The van der Waals surface area contributed by atoms with Crippen LogP contribution in [0.4, 0.5) is 0 Å².